The minimum atomic E-state index is -0.676. The molecule has 0 bridgehead atoms. The molecule has 136 valence electrons. The standard InChI is InChI=1S/C19H17N5O3/c1-3-24-16-10-9-14(11-15(16)20-23-24)19(25)26-12(2)17-21-22-18(27-17)13-7-5-4-6-8-13/h4-12H,3H2,1-2H3. The van der Waals surface area contributed by atoms with Crippen molar-refractivity contribution >= 4 is 17.0 Å². The maximum Gasteiger partial charge on any atom is 0.338 e. The van der Waals surface area contributed by atoms with Crippen molar-refractivity contribution in [1.29, 1.82) is 0 Å². The highest BCUT2D eigenvalue weighted by atomic mass is 16.6. The number of hydrogen-bond acceptors (Lipinski definition) is 7. The van der Waals surface area contributed by atoms with E-state index in [1.165, 1.54) is 0 Å². The van der Waals surface area contributed by atoms with Gasteiger partial charge in [-0.25, -0.2) is 9.48 Å². The summed E-state index contributed by atoms with van der Waals surface area (Å²) in [6.07, 6.45) is -0.676. The summed E-state index contributed by atoms with van der Waals surface area (Å²) in [5.41, 5.74) is 2.70. The summed E-state index contributed by atoms with van der Waals surface area (Å²) < 4.78 is 12.9. The predicted octanol–water partition coefficient (Wildman–Crippen LogP) is 3.42. The third-order valence-electron chi connectivity index (χ3n) is 4.14. The van der Waals surface area contributed by atoms with Gasteiger partial charge in [-0.15, -0.1) is 15.3 Å². The van der Waals surface area contributed by atoms with Gasteiger partial charge in [0.25, 0.3) is 5.89 Å². The summed E-state index contributed by atoms with van der Waals surface area (Å²) in [6, 6.07) is 14.6. The van der Waals surface area contributed by atoms with Crippen molar-refractivity contribution in [1.82, 2.24) is 25.2 Å². The van der Waals surface area contributed by atoms with Gasteiger partial charge in [0.05, 0.1) is 11.1 Å². The van der Waals surface area contributed by atoms with E-state index in [0.717, 1.165) is 11.1 Å². The van der Waals surface area contributed by atoms with Crippen LogP contribution >= 0.6 is 0 Å². The molecular weight excluding hydrogens is 346 g/mol. The number of fused-ring (bicyclic) bond motifs is 1. The maximum absolute atomic E-state index is 12.5. The Morgan fingerprint density at radius 1 is 1.15 bits per heavy atom. The van der Waals surface area contributed by atoms with Crippen LogP contribution in [-0.2, 0) is 11.3 Å². The van der Waals surface area contributed by atoms with E-state index in [0.29, 0.717) is 23.5 Å². The largest absolute Gasteiger partial charge is 0.449 e. The van der Waals surface area contributed by atoms with Gasteiger partial charge in [0.2, 0.25) is 5.89 Å². The Morgan fingerprint density at radius 2 is 1.96 bits per heavy atom. The number of nitrogens with zero attached hydrogens (tertiary/aromatic N) is 5. The topological polar surface area (TPSA) is 95.9 Å². The van der Waals surface area contributed by atoms with E-state index >= 15 is 0 Å². The molecule has 0 saturated heterocycles. The first kappa shape index (κ1) is 16.9. The van der Waals surface area contributed by atoms with Crippen LogP contribution in [-0.4, -0.2) is 31.2 Å². The van der Waals surface area contributed by atoms with Gasteiger partial charge in [-0.1, -0.05) is 23.4 Å². The molecule has 0 radical (unpaired) electrons. The van der Waals surface area contributed by atoms with Gasteiger partial charge in [0.15, 0.2) is 6.10 Å². The van der Waals surface area contributed by atoms with Crippen LogP contribution in [0.1, 0.15) is 36.2 Å². The molecule has 0 aliphatic carbocycles. The van der Waals surface area contributed by atoms with Gasteiger partial charge in [0, 0.05) is 12.1 Å². The maximum atomic E-state index is 12.5. The number of hydrogen-bond donors (Lipinski definition) is 0. The van der Waals surface area contributed by atoms with Crippen LogP contribution in [0.25, 0.3) is 22.5 Å². The molecule has 2 heterocycles. The van der Waals surface area contributed by atoms with Crippen LogP contribution in [0.3, 0.4) is 0 Å². The Morgan fingerprint density at radius 3 is 2.74 bits per heavy atom. The Bertz CT molecular complexity index is 1090. The van der Waals surface area contributed by atoms with Gasteiger partial charge in [-0.05, 0) is 44.2 Å². The smallest absolute Gasteiger partial charge is 0.338 e. The molecule has 27 heavy (non-hydrogen) atoms. The quantitative estimate of drug-likeness (QED) is 0.501. The molecule has 0 spiro atoms. The SMILES string of the molecule is CCn1nnc2cc(C(=O)OC(C)c3nnc(-c4ccccc4)o3)ccc21. The third kappa shape index (κ3) is 3.29. The average Bonchev–Trinajstić information content (AvgIpc) is 3.35. The highest BCUT2D eigenvalue weighted by molar-refractivity contribution is 5.93. The van der Waals surface area contributed by atoms with Gasteiger partial charge in [-0.3, -0.25) is 0 Å². The van der Waals surface area contributed by atoms with E-state index in [-0.39, 0.29) is 5.89 Å². The molecule has 8 heteroatoms. The Balaban J connectivity index is 1.50. The lowest BCUT2D eigenvalue weighted by atomic mass is 10.2. The average molecular weight is 363 g/mol. The molecule has 0 aliphatic heterocycles. The van der Waals surface area contributed by atoms with Gasteiger partial charge >= 0.3 is 5.97 Å². The Labute approximate surface area is 154 Å². The Kier molecular flexibility index (Phi) is 4.37. The summed E-state index contributed by atoms with van der Waals surface area (Å²) in [5.74, 6) is 0.126. The molecule has 4 aromatic rings. The van der Waals surface area contributed by atoms with Crippen LogP contribution in [0.4, 0.5) is 0 Å². The van der Waals surface area contributed by atoms with Crippen LogP contribution in [0, 0.1) is 0 Å². The van der Waals surface area contributed by atoms with E-state index in [1.807, 2.05) is 37.3 Å². The Hall–Kier alpha value is -3.55. The van der Waals surface area contributed by atoms with E-state index in [9.17, 15) is 4.79 Å². The molecule has 0 saturated carbocycles. The van der Waals surface area contributed by atoms with Crippen molar-refractivity contribution in [2.24, 2.45) is 0 Å². The number of ether oxygens (including phenoxy) is 1. The molecule has 1 atom stereocenters. The first-order valence-corrected chi connectivity index (χ1v) is 8.58. The van der Waals surface area contributed by atoms with E-state index in [1.54, 1.807) is 29.8 Å². The van der Waals surface area contributed by atoms with Crippen LogP contribution in [0.2, 0.25) is 0 Å². The zero-order chi connectivity index (χ0) is 18.8. The van der Waals surface area contributed by atoms with Crippen LogP contribution < -0.4 is 0 Å². The molecule has 0 amide bonds. The number of benzene rings is 2. The molecule has 8 nitrogen and oxygen atoms in total. The van der Waals surface area contributed by atoms with Gasteiger partial charge in [0.1, 0.15) is 5.52 Å². The summed E-state index contributed by atoms with van der Waals surface area (Å²) in [4.78, 5) is 12.5. The molecule has 0 N–H and O–H groups in total. The summed E-state index contributed by atoms with van der Waals surface area (Å²) >= 11 is 0. The lowest BCUT2D eigenvalue weighted by molar-refractivity contribution is 0.0280. The zero-order valence-electron chi connectivity index (χ0n) is 14.9. The minimum absolute atomic E-state index is 0.236. The van der Waals surface area contributed by atoms with Crippen molar-refractivity contribution < 1.29 is 13.9 Å². The van der Waals surface area contributed by atoms with Gasteiger partial charge in [-0.2, -0.15) is 0 Å². The fraction of sp³-hybridized carbons (Fsp3) is 0.211. The highest BCUT2D eigenvalue weighted by Crippen LogP contribution is 2.23. The van der Waals surface area contributed by atoms with Crippen LogP contribution in [0.15, 0.2) is 52.9 Å². The van der Waals surface area contributed by atoms with Crippen molar-refractivity contribution in [3.8, 4) is 11.5 Å². The molecule has 0 fully saturated rings. The first-order chi connectivity index (χ1) is 13.2. The van der Waals surface area contributed by atoms with E-state index < -0.39 is 12.1 Å². The van der Waals surface area contributed by atoms with Crippen molar-refractivity contribution in [3.05, 3.63) is 60.0 Å². The molecule has 1 unspecified atom stereocenters. The normalized spacial score (nSPS) is 12.2. The second-order valence-electron chi connectivity index (χ2n) is 5.97. The predicted molar refractivity (Wildman–Crippen MR) is 96.8 cm³/mol. The number of carbonyl (C=O) groups excluding carboxylic acids is 1. The number of aryl methyl sites for hydroxylation is 1. The number of carbonyl (C=O) groups is 1. The van der Waals surface area contributed by atoms with E-state index in [2.05, 4.69) is 20.5 Å². The second-order valence-corrected chi connectivity index (χ2v) is 5.97. The fourth-order valence-corrected chi connectivity index (χ4v) is 2.71. The number of esters is 1. The third-order valence-corrected chi connectivity index (χ3v) is 4.14. The zero-order valence-corrected chi connectivity index (χ0v) is 14.9. The summed E-state index contributed by atoms with van der Waals surface area (Å²) in [5, 5.41) is 16.1. The highest BCUT2D eigenvalue weighted by Gasteiger charge is 2.20. The van der Waals surface area contributed by atoms with Crippen molar-refractivity contribution in [2.45, 2.75) is 26.5 Å². The number of rotatable bonds is 5. The fourth-order valence-electron chi connectivity index (χ4n) is 2.71. The van der Waals surface area contributed by atoms with Crippen molar-refractivity contribution in [2.75, 3.05) is 0 Å². The molecule has 0 aliphatic rings. The monoisotopic (exact) mass is 363 g/mol. The molecular formula is C19H17N5O3. The van der Waals surface area contributed by atoms with E-state index in [4.69, 9.17) is 9.15 Å². The lowest BCUT2D eigenvalue weighted by Gasteiger charge is -2.09. The van der Waals surface area contributed by atoms with Crippen LogP contribution in [0.5, 0.6) is 0 Å². The summed E-state index contributed by atoms with van der Waals surface area (Å²) in [7, 11) is 0. The molecule has 4 rings (SSSR count). The summed E-state index contributed by atoms with van der Waals surface area (Å²) in [6.45, 7) is 4.37. The van der Waals surface area contributed by atoms with Crippen molar-refractivity contribution in [3.63, 3.8) is 0 Å². The molecule has 2 aromatic heterocycles. The second kappa shape index (κ2) is 6.99. The minimum Gasteiger partial charge on any atom is -0.449 e. The van der Waals surface area contributed by atoms with Gasteiger partial charge < -0.3 is 9.15 Å². The number of aromatic nitrogens is 5. The first-order valence-electron chi connectivity index (χ1n) is 8.58. The lowest BCUT2D eigenvalue weighted by Crippen LogP contribution is -2.09. The molecule has 2 aromatic carbocycles.